The summed E-state index contributed by atoms with van der Waals surface area (Å²) in [4.78, 5) is 0. The molecule has 0 fully saturated rings. The zero-order chi connectivity index (χ0) is 12.0. The van der Waals surface area contributed by atoms with Crippen LogP contribution in [0.5, 0.6) is 0 Å². The quantitative estimate of drug-likeness (QED) is 0.792. The van der Waals surface area contributed by atoms with Gasteiger partial charge in [-0.2, -0.15) is 5.26 Å². The van der Waals surface area contributed by atoms with E-state index < -0.39 is 0 Å². The van der Waals surface area contributed by atoms with Crippen LogP contribution >= 0.6 is 0 Å². The average molecular weight is 219 g/mol. The second-order valence-corrected chi connectivity index (χ2v) is 3.79. The van der Waals surface area contributed by atoms with Crippen molar-refractivity contribution in [3.63, 3.8) is 0 Å². The molecule has 1 aromatic carbocycles. The van der Waals surface area contributed by atoms with E-state index in [9.17, 15) is 5.11 Å². The molecule has 0 aliphatic rings. The van der Waals surface area contributed by atoms with Crippen molar-refractivity contribution in [2.75, 3.05) is 0 Å². The van der Waals surface area contributed by atoms with Crippen molar-refractivity contribution in [1.82, 2.24) is 0 Å². The van der Waals surface area contributed by atoms with Gasteiger partial charge in [0.15, 0.2) is 0 Å². The molecule has 3 nitrogen and oxygen atoms in total. The highest BCUT2D eigenvalue weighted by Gasteiger charge is 2.08. The maximum Gasteiger partial charge on any atom is 0.0685 e. The second-order valence-electron chi connectivity index (χ2n) is 3.79. The van der Waals surface area contributed by atoms with Gasteiger partial charge in [-0.05, 0) is 28.7 Å². The third-order valence-electron chi connectivity index (χ3n) is 2.65. The number of rotatable bonds is 5. The molecule has 0 atom stereocenters. The Bertz CT molecular complexity index is 394. The molecular weight excluding hydrogens is 202 g/mol. The summed E-state index contributed by atoms with van der Waals surface area (Å²) in [7, 11) is 0. The third-order valence-corrected chi connectivity index (χ3v) is 2.65. The highest BCUT2D eigenvalue weighted by Crippen LogP contribution is 2.19. The van der Waals surface area contributed by atoms with Crippen LogP contribution in [0.4, 0.5) is 0 Å². The Balaban J connectivity index is 3.19. The van der Waals surface area contributed by atoms with Gasteiger partial charge in [0.25, 0.3) is 0 Å². The molecule has 0 radical (unpaired) electrons. The van der Waals surface area contributed by atoms with E-state index in [4.69, 9.17) is 10.4 Å². The number of benzene rings is 1. The van der Waals surface area contributed by atoms with Crippen LogP contribution in [0.3, 0.4) is 0 Å². The van der Waals surface area contributed by atoms with Crippen LogP contribution in [-0.4, -0.2) is 10.2 Å². The van der Waals surface area contributed by atoms with Gasteiger partial charge < -0.3 is 10.2 Å². The number of hydrogen-bond donors (Lipinski definition) is 2. The molecular formula is C13H17NO2. The average Bonchev–Trinajstić information content (AvgIpc) is 2.31. The molecule has 2 N–H and O–H groups in total. The molecule has 0 aliphatic carbocycles. The Morgan fingerprint density at radius 3 is 2.06 bits per heavy atom. The predicted molar refractivity (Wildman–Crippen MR) is 61.6 cm³/mol. The lowest BCUT2D eigenvalue weighted by atomic mass is 9.95. The topological polar surface area (TPSA) is 64.2 Å². The molecule has 0 aromatic heterocycles. The first-order valence-corrected chi connectivity index (χ1v) is 5.49. The van der Waals surface area contributed by atoms with E-state index >= 15 is 0 Å². The van der Waals surface area contributed by atoms with Crippen molar-refractivity contribution in [1.29, 1.82) is 5.26 Å². The number of nitriles is 1. The standard InChI is InChI=1S/C13H17NO2/c1-2-3-10-6-12(8-15)13(9-16)7-11(10)4-5-14/h6-7,15-16H,2-4,8-9H2,1H3. The summed E-state index contributed by atoms with van der Waals surface area (Å²) >= 11 is 0. The van der Waals surface area contributed by atoms with Gasteiger partial charge >= 0.3 is 0 Å². The zero-order valence-corrected chi connectivity index (χ0v) is 9.53. The van der Waals surface area contributed by atoms with E-state index in [0.717, 1.165) is 29.5 Å². The van der Waals surface area contributed by atoms with Crippen LogP contribution in [0.2, 0.25) is 0 Å². The normalized spacial score (nSPS) is 10.1. The van der Waals surface area contributed by atoms with E-state index in [1.165, 1.54) is 0 Å². The fourth-order valence-electron chi connectivity index (χ4n) is 1.84. The highest BCUT2D eigenvalue weighted by atomic mass is 16.3. The molecule has 0 amide bonds. The number of nitrogens with zero attached hydrogens (tertiary/aromatic N) is 1. The molecule has 1 aromatic rings. The molecule has 3 heteroatoms. The Hall–Kier alpha value is -1.37. The van der Waals surface area contributed by atoms with Gasteiger partial charge in [0.1, 0.15) is 0 Å². The van der Waals surface area contributed by atoms with Crippen molar-refractivity contribution in [3.8, 4) is 6.07 Å². The van der Waals surface area contributed by atoms with Gasteiger partial charge in [-0.15, -0.1) is 0 Å². The van der Waals surface area contributed by atoms with E-state index in [-0.39, 0.29) is 13.2 Å². The number of hydrogen-bond acceptors (Lipinski definition) is 3. The number of aliphatic hydroxyl groups is 2. The van der Waals surface area contributed by atoms with E-state index in [1.54, 1.807) is 0 Å². The van der Waals surface area contributed by atoms with Gasteiger partial charge in [-0.3, -0.25) is 0 Å². The smallest absolute Gasteiger partial charge is 0.0685 e. The second kappa shape index (κ2) is 6.26. The summed E-state index contributed by atoms with van der Waals surface area (Å²) in [6, 6.07) is 5.87. The van der Waals surface area contributed by atoms with E-state index in [1.807, 2.05) is 12.1 Å². The maximum atomic E-state index is 9.19. The van der Waals surface area contributed by atoms with Crippen LogP contribution in [0.15, 0.2) is 12.1 Å². The molecule has 0 aliphatic heterocycles. The van der Waals surface area contributed by atoms with Gasteiger partial charge in [0, 0.05) is 0 Å². The molecule has 0 bridgehead atoms. The minimum absolute atomic E-state index is 0.0700. The first-order chi connectivity index (χ1) is 7.76. The molecule has 0 saturated carbocycles. The molecule has 0 spiro atoms. The summed E-state index contributed by atoms with van der Waals surface area (Å²) in [5.41, 5.74) is 3.54. The Kier molecular flexibility index (Phi) is 4.97. The third kappa shape index (κ3) is 2.82. The number of aryl methyl sites for hydroxylation is 1. The lowest BCUT2D eigenvalue weighted by Gasteiger charge is -2.12. The van der Waals surface area contributed by atoms with Crippen LogP contribution in [0.1, 0.15) is 35.6 Å². The predicted octanol–water partition coefficient (Wildman–Crippen LogP) is 1.69. The zero-order valence-electron chi connectivity index (χ0n) is 9.53. The maximum absolute atomic E-state index is 9.19. The van der Waals surface area contributed by atoms with Gasteiger partial charge in [-0.25, -0.2) is 0 Å². The highest BCUT2D eigenvalue weighted by molar-refractivity contribution is 5.39. The Morgan fingerprint density at radius 2 is 1.62 bits per heavy atom. The van der Waals surface area contributed by atoms with Crippen molar-refractivity contribution < 1.29 is 10.2 Å². The fourth-order valence-corrected chi connectivity index (χ4v) is 1.84. The Labute approximate surface area is 96.0 Å². The fraction of sp³-hybridized carbons (Fsp3) is 0.462. The minimum Gasteiger partial charge on any atom is -0.392 e. The summed E-state index contributed by atoms with van der Waals surface area (Å²) < 4.78 is 0. The van der Waals surface area contributed by atoms with Crippen LogP contribution in [-0.2, 0) is 26.1 Å². The van der Waals surface area contributed by atoms with Crippen molar-refractivity contribution in [2.45, 2.75) is 39.4 Å². The molecule has 0 heterocycles. The summed E-state index contributed by atoms with van der Waals surface area (Å²) in [5, 5.41) is 27.1. The van der Waals surface area contributed by atoms with E-state index in [2.05, 4.69) is 13.0 Å². The monoisotopic (exact) mass is 219 g/mol. The lowest BCUT2D eigenvalue weighted by molar-refractivity contribution is 0.260. The summed E-state index contributed by atoms with van der Waals surface area (Å²) in [6.45, 7) is 1.91. The first-order valence-electron chi connectivity index (χ1n) is 5.49. The van der Waals surface area contributed by atoms with E-state index in [0.29, 0.717) is 12.0 Å². The molecule has 86 valence electrons. The summed E-state index contributed by atoms with van der Waals surface area (Å²) in [5.74, 6) is 0. The van der Waals surface area contributed by atoms with Gasteiger partial charge in [0.2, 0.25) is 0 Å². The van der Waals surface area contributed by atoms with Gasteiger partial charge in [0.05, 0.1) is 25.7 Å². The van der Waals surface area contributed by atoms with Crippen LogP contribution < -0.4 is 0 Å². The largest absolute Gasteiger partial charge is 0.392 e. The van der Waals surface area contributed by atoms with Crippen molar-refractivity contribution >= 4 is 0 Å². The minimum atomic E-state index is -0.0965. The Morgan fingerprint density at radius 1 is 1.06 bits per heavy atom. The first kappa shape index (κ1) is 12.7. The van der Waals surface area contributed by atoms with Gasteiger partial charge in [-0.1, -0.05) is 25.5 Å². The van der Waals surface area contributed by atoms with Crippen LogP contribution in [0.25, 0.3) is 0 Å². The molecule has 16 heavy (non-hydrogen) atoms. The van der Waals surface area contributed by atoms with Crippen LogP contribution in [0, 0.1) is 11.3 Å². The summed E-state index contributed by atoms with van der Waals surface area (Å²) in [6.07, 6.45) is 2.26. The van der Waals surface area contributed by atoms with Crippen molar-refractivity contribution in [2.24, 2.45) is 0 Å². The lowest BCUT2D eigenvalue weighted by Crippen LogP contribution is -2.01. The molecule has 0 saturated heterocycles. The molecule has 1 rings (SSSR count). The molecule has 0 unspecified atom stereocenters. The SMILES string of the molecule is CCCc1cc(CO)c(CO)cc1CC#N. The van der Waals surface area contributed by atoms with Crippen molar-refractivity contribution in [3.05, 3.63) is 34.4 Å². The number of aliphatic hydroxyl groups excluding tert-OH is 2.